The third kappa shape index (κ3) is 6.32. The lowest BCUT2D eigenvalue weighted by Gasteiger charge is -2.30. The van der Waals surface area contributed by atoms with Crippen LogP contribution in [0.1, 0.15) is 43.0 Å². The second-order valence-electron chi connectivity index (χ2n) is 7.60. The van der Waals surface area contributed by atoms with Gasteiger partial charge < -0.3 is 10.1 Å². The Morgan fingerprint density at radius 2 is 1.85 bits per heavy atom. The van der Waals surface area contributed by atoms with Crippen molar-refractivity contribution >= 4 is 33.2 Å². The SMILES string of the molecule is CC[C@@H](NC(=O)[C@H](C)N(c1ccc(Cl)c(C(F)(F)F)c1)S(C)(=O)=O)c1ccc(OC)c(C)c1. The van der Waals surface area contributed by atoms with Crippen molar-refractivity contribution < 1.29 is 31.1 Å². The second kappa shape index (κ2) is 10.2. The van der Waals surface area contributed by atoms with Crippen LogP contribution in [0.25, 0.3) is 0 Å². The van der Waals surface area contributed by atoms with Gasteiger partial charge in [0.1, 0.15) is 11.8 Å². The molecule has 11 heteroatoms. The van der Waals surface area contributed by atoms with E-state index in [9.17, 15) is 26.4 Å². The van der Waals surface area contributed by atoms with Crippen LogP contribution in [-0.4, -0.2) is 33.7 Å². The lowest BCUT2D eigenvalue weighted by molar-refractivity contribution is -0.137. The van der Waals surface area contributed by atoms with E-state index >= 15 is 0 Å². The number of amides is 1. The number of methoxy groups -OCH3 is 1. The van der Waals surface area contributed by atoms with Crippen molar-refractivity contribution in [2.24, 2.45) is 0 Å². The van der Waals surface area contributed by atoms with Crippen LogP contribution in [-0.2, 0) is 21.0 Å². The summed E-state index contributed by atoms with van der Waals surface area (Å²) in [5.74, 6) is 0.0176. The van der Waals surface area contributed by atoms with Crippen molar-refractivity contribution in [1.29, 1.82) is 0 Å². The van der Waals surface area contributed by atoms with E-state index in [0.717, 1.165) is 29.5 Å². The first-order valence-electron chi connectivity index (χ1n) is 10.0. The third-order valence-corrected chi connectivity index (χ3v) is 6.72. The largest absolute Gasteiger partial charge is 0.496 e. The van der Waals surface area contributed by atoms with Crippen LogP contribution in [0.3, 0.4) is 0 Å². The molecule has 0 unspecified atom stereocenters. The van der Waals surface area contributed by atoms with E-state index in [1.54, 1.807) is 19.2 Å². The summed E-state index contributed by atoms with van der Waals surface area (Å²) in [6.07, 6.45) is -3.47. The van der Waals surface area contributed by atoms with Crippen molar-refractivity contribution in [2.45, 2.75) is 45.5 Å². The topological polar surface area (TPSA) is 75.7 Å². The Balaban J connectivity index is 2.39. The molecule has 0 bridgehead atoms. The first-order valence-corrected chi connectivity index (χ1v) is 12.2. The number of rotatable bonds is 8. The molecule has 0 heterocycles. The first-order chi connectivity index (χ1) is 15.2. The van der Waals surface area contributed by atoms with E-state index in [1.165, 1.54) is 6.92 Å². The minimum absolute atomic E-state index is 0.315. The molecule has 0 saturated carbocycles. The summed E-state index contributed by atoms with van der Waals surface area (Å²) in [6.45, 7) is 5.01. The number of anilines is 1. The van der Waals surface area contributed by atoms with Gasteiger partial charge in [0.25, 0.3) is 0 Å². The molecule has 0 aliphatic heterocycles. The minimum Gasteiger partial charge on any atom is -0.496 e. The highest BCUT2D eigenvalue weighted by Crippen LogP contribution is 2.38. The number of aryl methyl sites for hydroxylation is 1. The van der Waals surface area contributed by atoms with Crippen molar-refractivity contribution in [3.8, 4) is 5.75 Å². The van der Waals surface area contributed by atoms with E-state index in [0.29, 0.717) is 22.5 Å². The summed E-state index contributed by atoms with van der Waals surface area (Å²) >= 11 is 5.66. The number of ether oxygens (including phenoxy) is 1. The molecular weight excluding hydrogens is 481 g/mol. The molecule has 1 N–H and O–H groups in total. The summed E-state index contributed by atoms with van der Waals surface area (Å²) in [5.41, 5.74) is 0.135. The van der Waals surface area contributed by atoms with Crippen LogP contribution in [0, 0.1) is 6.92 Å². The smallest absolute Gasteiger partial charge is 0.417 e. The fraction of sp³-hybridized carbons (Fsp3) is 0.409. The maximum Gasteiger partial charge on any atom is 0.417 e. The Bertz CT molecular complexity index is 1120. The van der Waals surface area contributed by atoms with Crippen LogP contribution in [0.4, 0.5) is 18.9 Å². The van der Waals surface area contributed by atoms with Gasteiger partial charge in [0.05, 0.1) is 35.7 Å². The molecule has 2 aromatic carbocycles. The van der Waals surface area contributed by atoms with Gasteiger partial charge in [0, 0.05) is 0 Å². The Kier molecular flexibility index (Phi) is 8.29. The van der Waals surface area contributed by atoms with E-state index in [-0.39, 0.29) is 5.69 Å². The summed E-state index contributed by atoms with van der Waals surface area (Å²) in [7, 11) is -2.57. The third-order valence-electron chi connectivity index (χ3n) is 5.14. The summed E-state index contributed by atoms with van der Waals surface area (Å²) in [5, 5.41) is 2.22. The highest BCUT2D eigenvalue weighted by atomic mass is 35.5. The molecule has 6 nitrogen and oxygen atoms in total. The summed E-state index contributed by atoms with van der Waals surface area (Å²) in [4.78, 5) is 13.0. The maximum absolute atomic E-state index is 13.3. The predicted molar refractivity (Wildman–Crippen MR) is 122 cm³/mol. The molecule has 1 amide bonds. The van der Waals surface area contributed by atoms with Gasteiger partial charge in [-0.1, -0.05) is 30.7 Å². The Morgan fingerprint density at radius 3 is 2.33 bits per heavy atom. The molecule has 0 aromatic heterocycles. The number of sulfonamides is 1. The van der Waals surface area contributed by atoms with Crippen molar-refractivity contribution in [3.05, 3.63) is 58.1 Å². The number of nitrogens with one attached hydrogen (secondary N) is 1. The number of hydrogen-bond donors (Lipinski definition) is 1. The number of carbonyl (C=O) groups excluding carboxylic acids is 1. The average Bonchev–Trinajstić information content (AvgIpc) is 2.71. The van der Waals surface area contributed by atoms with Gasteiger partial charge in [-0.25, -0.2) is 8.42 Å². The van der Waals surface area contributed by atoms with Gasteiger partial charge in [-0.05, 0) is 55.7 Å². The van der Waals surface area contributed by atoms with E-state index in [1.807, 2.05) is 19.9 Å². The van der Waals surface area contributed by atoms with Gasteiger partial charge in [-0.15, -0.1) is 0 Å². The lowest BCUT2D eigenvalue weighted by atomic mass is 10.0. The van der Waals surface area contributed by atoms with E-state index < -0.39 is 44.8 Å². The van der Waals surface area contributed by atoms with Gasteiger partial charge in [-0.2, -0.15) is 13.2 Å². The van der Waals surface area contributed by atoms with Gasteiger partial charge >= 0.3 is 6.18 Å². The van der Waals surface area contributed by atoms with Gasteiger partial charge in [0.15, 0.2) is 0 Å². The average molecular weight is 507 g/mol. The molecule has 33 heavy (non-hydrogen) atoms. The predicted octanol–water partition coefficient (Wildman–Crippen LogP) is 5.10. The van der Waals surface area contributed by atoms with Gasteiger partial charge in [-0.3, -0.25) is 9.10 Å². The van der Waals surface area contributed by atoms with E-state index in [4.69, 9.17) is 16.3 Å². The first kappa shape index (κ1) is 26.8. The van der Waals surface area contributed by atoms with Crippen LogP contribution >= 0.6 is 11.6 Å². The number of benzene rings is 2. The number of halogens is 4. The zero-order chi connectivity index (χ0) is 25.1. The second-order valence-corrected chi connectivity index (χ2v) is 9.86. The molecule has 0 spiro atoms. The Labute approximate surface area is 196 Å². The number of hydrogen-bond acceptors (Lipinski definition) is 4. The van der Waals surface area contributed by atoms with E-state index in [2.05, 4.69) is 5.32 Å². The molecule has 0 aliphatic rings. The molecule has 2 rings (SSSR count). The normalized spacial score (nSPS) is 13.8. The summed E-state index contributed by atoms with van der Waals surface area (Å²) in [6, 6.07) is 6.34. The van der Waals surface area contributed by atoms with Crippen LogP contribution in [0.5, 0.6) is 5.75 Å². The minimum atomic E-state index is -4.79. The molecule has 0 fully saturated rings. The van der Waals surface area contributed by atoms with Gasteiger partial charge in [0.2, 0.25) is 15.9 Å². The molecule has 182 valence electrons. The Hall–Kier alpha value is -2.46. The monoisotopic (exact) mass is 506 g/mol. The van der Waals surface area contributed by atoms with Crippen molar-refractivity contribution in [1.82, 2.24) is 5.32 Å². The maximum atomic E-state index is 13.3. The standard InChI is InChI=1S/C22H26ClF3N2O4S/c1-6-19(15-7-10-20(32-4)13(2)11-15)27-21(29)14(3)28(33(5,30)31)16-8-9-18(23)17(12-16)22(24,25)26/h7-12,14,19H,6H2,1-5H3,(H,27,29)/t14-,19+/m0/s1. The number of carbonyl (C=O) groups is 1. The van der Waals surface area contributed by atoms with Crippen LogP contribution in [0.2, 0.25) is 5.02 Å². The molecule has 0 saturated heterocycles. The number of alkyl halides is 3. The molecule has 0 aliphatic carbocycles. The lowest BCUT2D eigenvalue weighted by Crippen LogP contribution is -2.48. The van der Waals surface area contributed by atoms with Crippen LogP contribution < -0.4 is 14.4 Å². The number of nitrogens with zero attached hydrogens (tertiary/aromatic N) is 1. The molecule has 2 atom stereocenters. The zero-order valence-corrected chi connectivity index (χ0v) is 20.4. The van der Waals surface area contributed by atoms with Crippen molar-refractivity contribution in [2.75, 3.05) is 17.7 Å². The molecule has 0 radical (unpaired) electrons. The highest BCUT2D eigenvalue weighted by molar-refractivity contribution is 7.92. The quantitative estimate of drug-likeness (QED) is 0.540. The fourth-order valence-electron chi connectivity index (χ4n) is 3.51. The molecular formula is C22H26ClF3N2O4S. The summed E-state index contributed by atoms with van der Waals surface area (Å²) < 4.78 is 70.8. The van der Waals surface area contributed by atoms with Crippen molar-refractivity contribution in [3.63, 3.8) is 0 Å². The zero-order valence-electron chi connectivity index (χ0n) is 18.8. The fourth-order valence-corrected chi connectivity index (χ4v) is 4.90. The van der Waals surface area contributed by atoms with Crippen LogP contribution in [0.15, 0.2) is 36.4 Å². The highest BCUT2D eigenvalue weighted by Gasteiger charge is 2.36. The molecule has 2 aromatic rings. The Morgan fingerprint density at radius 1 is 1.21 bits per heavy atom.